The second-order valence-corrected chi connectivity index (χ2v) is 16.1. The smallest absolute Gasteiger partial charge is 0.415 e. The van der Waals surface area contributed by atoms with Crippen LogP contribution in [0.2, 0.25) is 0 Å². The molecule has 8 rings (SSSR count). The first kappa shape index (κ1) is 47.8. The number of ether oxygens (including phenoxy) is 4. The van der Waals surface area contributed by atoms with Crippen LogP contribution in [0.5, 0.6) is 17.2 Å². The lowest BCUT2D eigenvalue weighted by Gasteiger charge is -2.16. The maximum atomic E-state index is 12.7. The molecule has 13 nitrogen and oxygen atoms in total. The molecule has 5 aromatic carbocycles. The molecule has 0 bridgehead atoms. The Morgan fingerprint density at radius 2 is 1.24 bits per heavy atom. The Morgan fingerprint density at radius 3 is 1.78 bits per heavy atom. The molecular weight excluding hydrogens is 863 g/mol. The minimum absolute atomic E-state index is 0.115. The zero-order valence-corrected chi connectivity index (χ0v) is 38.4. The Morgan fingerprint density at radius 1 is 0.706 bits per heavy atom. The van der Waals surface area contributed by atoms with Crippen molar-refractivity contribution in [3.8, 4) is 52.0 Å². The van der Waals surface area contributed by atoms with Gasteiger partial charge >= 0.3 is 18.0 Å². The topological polar surface area (TPSA) is 164 Å². The number of aliphatic carboxylic acids is 1. The van der Waals surface area contributed by atoms with Crippen molar-refractivity contribution in [3.05, 3.63) is 174 Å². The van der Waals surface area contributed by atoms with Crippen LogP contribution in [-0.4, -0.2) is 64.3 Å². The number of amides is 1. The van der Waals surface area contributed by atoms with Gasteiger partial charge in [0.2, 0.25) is 11.8 Å². The van der Waals surface area contributed by atoms with Crippen molar-refractivity contribution in [2.24, 2.45) is 11.8 Å². The first-order valence-corrected chi connectivity index (χ1v) is 22.3. The van der Waals surface area contributed by atoms with Crippen molar-refractivity contribution >= 4 is 18.0 Å². The molecule has 7 aromatic rings. The van der Waals surface area contributed by atoms with Crippen LogP contribution in [-0.2, 0) is 33.6 Å². The standard InChI is InChI=1S/C31H30N2O6.C24H23NO4/c1-21-28(32-29(38-21)23-10-4-2-5-11-23)15-16-37-26-14-8-9-22(18-26)17-24-19-33(20-27(24)30(34)35)31(36)39-25-12-6-3-7-13-25;1-4-9-23(29-18(3)26)20-12-8-13-21(16-20)27-15-14-22-17(2)28-24(25-22)19-10-6-5-7-11-19/h2-14,18,24,27H,15-17,19-20H2,1H3,(H,34,35);5-8,10-13,16,23H,14-15H2,1-3H3/t24-,27+;/m1./s1. The molecule has 2 aromatic heterocycles. The summed E-state index contributed by atoms with van der Waals surface area (Å²) in [5.41, 5.74) is 5.32. The third-order valence-electron chi connectivity index (χ3n) is 11.1. The largest absolute Gasteiger partial charge is 0.493 e. The van der Waals surface area contributed by atoms with Crippen molar-refractivity contribution in [2.45, 2.75) is 53.1 Å². The van der Waals surface area contributed by atoms with E-state index in [0.717, 1.165) is 45.2 Å². The third kappa shape index (κ3) is 13.3. The number of likely N-dealkylation sites (tertiary alicyclic amines) is 1. The van der Waals surface area contributed by atoms with Gasteiger partial charge in [-0.05, 0) is 99.3 Å². The molecule has 13 heteroatoms. The second kappa shape index (κ2) is 23.4. The molecule has 1 N–H and O–H groups in total. The van der Waals surface area contributed by atoms with Crippen molar-refractivity contribution in [1.82, 2.24) is 14.9 Å². The van der Waals surface area contributed by atoms with E-state index in [1.54, 1.807) is 31.2 Å². The Labute approximate surface area is 395 Å². The van der Waals surface area contributed by atoms with Gasteiger partial charge < -0.3 is 37.8 Å². The molecule has 3 atom stereocenters. The Hall–Kier alpha value is -8.11. The van der Waals surface area contributed by atoms with Crippen LogP contribution in [0, 0.1) is 37.5 Å². The van der Waals surface area contributed by atoms with Crippen LogP contribution in [0.1, 0.15) is 54.0 Å². The first-order chi connectivity index (χ1) is 33.0. The fourth-order valence-electron chi connectivity index (χ4n) is 7.73. The number of oxazole rings is 2. The summed E-state index contributed by atoms with van der Waals surface area (Å²) in [6.45, 7) is 8.17. The number of nitrogens with zero attached hydrogens (tertiary/aromatic N) is 3. The van der Waals surface area contributed by atoms with E-state index in [4.69, 9.17) is 27.8 Å². The summed E-state index contributed by atoms with van der Waals surface area (Å²) in [7, 11) is 0. The number of rotatable bonds is 16. The number of carbonyl (C=O) groups is 3. The molecule has 1 aliphatic heterocycles. The fraction of sp³-hybridized carbons (Fsp3) is 0.255. The molecule has 348 valence electrons. The predicted octanol–water partition coefficient (Wildman–Crippen LogP) is 10.5. The van der Waals surface area contributed by atoms with Gasteiger partial charge in [0, 0.05) is 49.5 Å². The monoisotopic (exact) mass is 915 g/mol. The Balaban J connectivity index is 0.000000211. The summed E-state index contributed by atoms with van der Waals surface area (Å²) in [5, 5.41) is 9.81. The molecule has 1 saturated heterocycles. The van der Waals surface area contributed by atoms with Crippen LogP contribution in [0.4, 0.5) is 4.79 Å². The number of benzene rings is 5. The molecular formula is C55H53N3O10. The lowest BCUT2D eigenvalue weighted by molar-refractivity contribution is -0.144. The maximum Gasteiger partial charge on any atom is 0.415 e. The molecule has 1 fully saturated rings. The lowest BCUT2D eigenvalue weighted by Crippen LogP contribution is -2.32. The summed E-state index contributed by atoms with van der Waals surface area (Å²) < 4.78 is 34.2. The number of esters is 1. The highest BCUT2D eigenvalue weighted by Crippen LogP contribution is 2.30. The highest BCUT2D eigenvalue weighted by molar-refractivity contribution is 5.76. The van der Waals surface area contributed by atoms with E-state index in [1.807, 2.05) is 129 Å². The number of carboxylic acid groups (broad SMARTS) is 1. The van der Waals surface area contributed by atoms with Gasteiger partial charge in [-0.15, -0.1) is 5.92 Å². The Bertz CT molecular complexity index is 2830. The summed E-state index contributed by atoms with van der Waals surface area (Å²) >= 11 is 0. The van der Waals surface area contributed by atoms with Crippen molar-refractivity contribution < 1.29 is 47.3 Å². The number of hydrogen-bond acceptors (Lipinski definition) is 11. The van der Waals surface area contributed by atoms with Gasteiger partial charge in [-0.25, -0.2) is 14.8 Å². The number of carboxylic acids is 1. The summed E-state index contributed by atoms with van der Waals surface area (Å²) in [5.74, 6) is 8.05. The van der Waals surface area contributed by atoms with E-state index in [1.165, 1.54) is 11.8 Å². The van der Waals surface area contributed by atoms with E-state index in [2.05, 4.69) is 21.8 Å². The zero-order chi connectivity index (χ0) is 47.8. The zero-order valence-electron chi connectivity index (χ0n) is 38.4. The van der Waals surface area contributed by atoms with Crippen molar-refractivity contribution in [1.29, 1.82) is 0 Å². The highest BCUT2D eigenvalue weighted by Gasteiger charge is 2.40. The summed E-state index contributed by atoms with van der Waals surface area (Å²) in [4.78, 5) is 46.6. The van der Waals surface area contributed by atoms with E-state index >= 15 is 0 Å². The Kier molecular flexibility index (Phi) is 16.4. The van der Waals surface area contributed by atoms with Gasteiger partial charge in [-0.2, -0.15) is 0 Å². The third-order valence-corrected chi connectivity index (χ3v) is 11.1. The second-order valence-electron chi connectivity index (χ2n) is 16.1. The number of hydrogen-bond donors (Lipinski definition) is 1. The van der Waals surface area contributed by atoms with E-state index in [9.17, 15) is 19.5 Å². The fourth-order valence-corrected chi connectivity index (χ4v) is 7.73. The van der Waals surface area contributed by atoms with Gasteiger partial charge in [-0.3, -0.25) is 9.59 Å². The van der Waals surface area contributed by atoms with Crippen LogP contribution in [0.3, 0.4) is 0 Å². The van der Waals surface area contributed by atoms with Gasteiger partial charge in [0.15, 0.2) is 6.10 Å². The molecule has 0 radical (unpaired) electrons. The lowest BCUT2D eigenvalue weighted by atomic mass is 9.90. The number of aryl methyl sites for hydroxylation is 2. The SMILES string of the molecule is CC#CC(OC(C)=O)c1cccc(OCCc2nc(-c3ccccc3)oc2C)c1.Cc1oc(-c2ccccc2)nc1CCOc1cccc(C[C@@H]2CN(C(=O)Oc3ccccc3)C[C@@H]2C(=O)O)c1. The first-order valence-electron chi connectivity index (χ1n) is 22.3. The predicted molar refractivity (Wildman–Crippen MR) is 255 cm³/mol. The van der Waals surface area contributed by atoms with Gasteiger partial charge in [-0.1, -0.05) is 84.8 Å². The van der Waals surface area contributed by atoms with E-state index in [0.29, 0.717) is 68.1 Å². The van der Waals surface area contributed by atoms with Gasteiger partial charge in [0.1, 0.15) is 28.8 Å². The van der Waals surface area contributed by atoms with Crippen LogP contribution >= 0.6 is 0 Å². The molecule has 3 heterocycles. The molecule has 1 unspecified atom stereocenters. The van der Waals surface area contributed by atoms with Crippen molar-refractivity contribution in [2.75, 3.05) is 26.3 Å². The van der Waals surface area contributed by atoms with E-state index in [-0.39, 0.29) is 18.4 Å². The molecule has 0 aliphatic carbocycles. The summed E-state index contributed by atoms with van der Waals surface area (Å²) in [6, 6.07) is 43.4. The van der Waals surface area contributed by atoms with Crippen LogP contribution in [0.25, 0.3) is 22.9 Å². The minimum Gasteiger partial charge on any atom is -0.493 e. The molecule has 68 heavy (non-hydrogen) atoms. The average molecular weight is 916 g/mol. The molecule has 0 saturated carbocycles. The molecule has 1 aliphatic rings. The maximum absolute atomic E-state index is 12.7. The number of aromatic nitrogens is 2. The highest BCUT2D eigenvalue weighted by atomic mass is 16.6. The van der Waals surface area contributed by atoms with Crippen LogP contribution < -0.4 is 14.2 Å². The van der Waals surface area contributed by atoms with Gasteiger partial charge in [0.05, 0.1) is 30.5 Å². The number of para-hydroxylation sites is 1. The number of carbonyl (C=O) groups excluding carboxylic acids is 2. The van der Waals surface area contributed by atoms with Crippen LogP contribution in [0.15, 0.2) is 148 Å². The molecule has 1 amide bonds. The summed E-state index contributed by atoms with van der Waals surface area (Å²) in [6.07, 6.45) is 0.577. The normalized spacial score (nSPS) is 14.4. The minimum atomic E-state index is -0.916. The average Bonchev–Trinajstić information content (AvgIpc) is 4.06. The van der Waals surface area contributed by atoms with Gasteiger partial charge in [0.25, 0.3) is 0 Å². The van der Waals surface area contributed by atoms with Crippen molar-refractivity contribution in [3.63, 3.8) is 0 Å². The molecule has 0 spiro atoms. The quantitative estimate of drug-likeness (QED) is 0.0722. The van der Waals surface area contributed by atoms with E-state index < -0.39 is 24.1 Å².